The molecule has 0 saturated heterocycles. The zero-order chi connectivity index (χ0) is 33.2. The summed E-state index contributed by atoms with van der Waals surface area (Å²) in [5, 5.41) is 14.2. The minimum atomic E-state index is -4.43. The van der Waals surface area contributed by atoms with Crippen LogP contribution in [0.3, 0.4) is 0 Å². The summed E-state index contributed by atoms with van der Waals surface area (Å²) in [6, 6.07) is 16.2. The predicted octanol–water partition coefficient (Wildman–Crippen LogP) is 4.73. The van der Waals surface area contributed by atoms with Crippen LogP contribution in [0.25, 0.3) is 5.69 Å². The summed E-state index contributed by atoms with van der Waals surface area (Å²) in [5.41, 5.74) is 6.18. The minimum absolute atomic E-state index is 0.117. The molecule has 238 valence electrons. The summed E-state index contributed by atoms with van der Waals surface area (Å²) < 4.78 is 35.8. The zero-order valence-corrected chi connectivity index (χ0v) is 26.9. The number of hydrogen-bond acceptors (Lipinski definition) is 9. The van der Waals surface area contributed by atoms with Gasteiger partial charge in [-0.15, -0.1) is 0 Å². The predicted molar refractivity (Wildman–Crippen MR) is 168 cm³/mol. The lowest BCUT2D eigenvalue weighted by molar-refractivity contribution is -0.141. The van der Waals surface area contributed by atoms with Gasteiger partial charge < -0.3 is 15.6 Å². The smallest absolute Gasteiger partial charge is 0.416 e. The number of pyridine rings is 2. The molecule has 0 bridgehead atoms. The van der Waals surface area contributed by atoms with Crippen LogP contribution < -0.4 is 10.6 Å². The van der Waals surface area contributed by atoms with Crippen LogP contribution in [0.2, 0.25) is 0 Å². The molecule has 0 aliphatic rings. The lowest BCUT2D eigenvalue weighted by atomic mass is 9.85. The van der Waals surface area contributed by atoms with Crippen LogP contribution in [-0.2, 0) is 30.7 Å². The monoisotopic (exact) mass is 634 g/mol. The summed E-state index contributed by atoms with van der Waals surface area (Å²) in [7, 11) is -4.43. The molecule has 2 unspecified atom stereocenters. The molecule has 0 aliphatic heterocycles. The molecule has 3 aromatic heterocycles. The van der Waals surface area contributed by atoms with Gasteiger partial charge >= 0.3 is 12.1 Å². The van der Waals surface area contributed by atoms with Gasteiger partial charge in [0, 0.05) is 25.0 Å². The number of hydrogen-bond donors (Lipinski definition) is 2. The van der Waals surface area contributed by atoms with E-state index in [-0.39, 0.29) is 23.0 Å². The summed E-state index contributed by atoms with van der Waals surface area (Å²) in [6.45, 7) is 9.96. The van der Waals surface area contributed by atoms with Gasteiger partial charge in [-0.25, -0.2) is 37.6 Å². The highest BCUT2D eigenvalue weighted by molar-refractivity contribution is 7.92. The van der Waals surface area contributed by atoms with Gasteiger partial charge in [0.25, 0.3) is 0 Å². The minimum Gasteiger partial charge on any atom is -0.480 e. The van der Waals surface area contributed by atoms with E-state index in [4.69, 9.17) is 10.5 Å². The zero-order valence-electron chi connectivity index (χ0n) is 26.1. The summed E-state index contributed by atoms with van der Waals surface area (Å²) in [5.74, 6) is -1.43. The van der Waals surface area contributed by atoms with Crippen molar-refractivity contribution < 1.29 is 27.9 Å². The average molecular weight is 635 g/mol. The number of nitrogens with zero attached hydrogens (tertiary/aromatic N) is 5. The van der Waals surface area contributed by atoms with Gasteiger partial charge in [0.2, 0.25) is 9.84 Å². The van der Waals surface area contributed by atoms with Gasteiger partial charge in [0.15, 0.2) is 9.90 Å². The van der Waals surface area contributed by atoms with Crippen molar-refractivity contribution in [3.8, 4) is 5.69 Å². The summed E-state index contributed by atoms with van der Waals surface area (Å²) >= 11 is 0. The van der Waals surface area contributed by atoms with Gasteiger partial charge in [-0.3, -0.25) is 0 Å². The lowest BCUT2D eigenvalue weighted by Crippen LogP contribution is -2.54. The topological polar surface area (TPSA) is 171 Å². The number of ether oxygens (including phenoxy) is 1. The second-order valence-corrected chi connectivity index (χ2v) is 14.8. The Bertz CT molecular complexity index is 1750. The van der Waals surface area contributed by atoms with Crippen molar-refractivity contribution in [2.75, 3.05) is 4.90 Å². The molecule has 12 nitrogen and oxygen atoms in total. The molecule has 2 atom stereocenters. The van der Waals surface area contributed by atoms with Crippen LogP contribution in [0, 0.1) is 5.41 Å². The van der Waals surface area contributed by atoms with Crippen molar-refractivity contribution in [2.45, 2.75) is 69.5 Å². The van der Waals surface area contributed by atoms with E-state index in [1.807, 2.05) is 0 Å². The first-order chi connectivity index (χ1) is 20.9. The Morgan fingerprint density at radius 3 is 2.18 bits per heavy atom. The number of sulfone groups is 1. The Balaban J connectivity index is 1.89. The van der Waals surface area contributed by atoms with E-state index in [1.54, 1.807) is 95.0 Å². The number of benzene rings is 1. The number of carbonyl (C=O) groups excluding carboxylic acids is 1. The Morgan fingerprint density at radius 1 is 0.956 bits per heavy atom. The fraction of sp³-hybridized carbons (Fsp3) is 0.344. The number of aliphatic carboxylic acids is 1. The highest BCUT2D eigenvalue weighted by atomic mass is 32.2. The second kappa shape index (κ2) is 12.4. The van der Waals surface area contributed by atoms with Crippen LogP contribution >= 0.6 is 0 Å². The van der Waals surface area contributed by atoms with Crippen molar-refractivity contribution in [2.24, 2.45) is 11.1 Å². The number of carboxylic acid groups (broad SMARTS) is 1. The molecule has 4 rings (SSSR count). The van der Waals surface area contributed by atoms with E-state index in [2.05, 4.69) is 15.1 Å². The van der Waals surface area contributed by atoms with Gasteiger partial charge in [-0.2, -0.15) is 5.10 Å². The maximum atomic E-state index is 14.3. The molecule has 13 heteroatoms. The van der Waals surface area contributed by atoms with Gasteiger partial charge in [-0.05, 0) is 74.2 Å². The van der Waals surface area contributed by atoms with Crippen LogP contribution in [0.1, 0.15) is 52.8 Å². The average Bonchev–Trinajstić information content (AvgIpc) is 3.50. The van der Waals surface area contributed by atoms with Crippen LogP contribution in [-0.4, -0.2) is 57.0 Å². The standard InChI is InChI=1S/C32H38N6O6S/c1-30(2,3)27(28(39)40)38(29(41)44-31(4,5)6)25-12-9-11-24(36-25)32(33,45(42,43)26-13-7-8-18-34-26)21-22-14-16-23(17-15-22)37-20-10-19-35-37/h7-20,27H,21,33H2,1-6H3,(H,39,40). The van der Waals surface area contributed by atoms with Crippen molar-refractivity contribution in [1.82, 2.24) is 19.7 Å². The summed E-state index contributed by atoms with van der Waals surface area (Å²) in [6.07, 6.45) is 3.59. The van der Waals surface area contributed by atoms with Crippen molar-refractivity contribution in [1.29, 1.82) is 0 Å². The quantitative estimate of drug-likeness (QED) is 0.262. The van der Waals surface area contributed by atoms with Crippen LogP contribution in [0.4, 0.5) is 10.6 Å². The van der Waals surface area contributed by atoms with E-state index in [1.165, 1.54) is 36.5 Å². The van der Waals surface area contributed by atoms with Crippen LogP contribution in [0.15, 0.2) is 90.3 Å². The maximum Gasteiger partial charge on any atom is 0.416 e. The number of anilines is 1. The second-order valence-electron chi connectivity index (χ2n) is 12.7. The Labute approximate surface area is 262 Å². The molecule has 0 spiro atoms. The number of nitrogens with two attached hydrogens (primary N) is 1. The van der Waals surface area contributed by atoms with Gasteiger partial charge in [0.05, 0.1) is 11.4 Å². The maximum absolute atomic E-state index is 14.3. The largest absolute Gasteiger partial charge is 0.480 e. The number of aromatic nitrogens is 4. The number of rotatable bonds is 9. The highest BCUT2D eigenvalue weighted by Gasteiger charge is 2.47. The molecule has 3 heterocycles. The highest BCUT2D eigenvalue weighted by Crippen LogP contribution is 2.36. The molecular weight excluding hydrogens is 596 g/mol. The third-order valence-electron chi connectivity index (χ3n) is 6.88. The fourth-order valence-corrected chi connectivity index (χ4v) is 6.39. The van der Waals surface area contributed by atoms with Crippen molar-refractivity contribution in [3.63, 3.8) is 0 Å². The molecule has 4 aromatic rings. The molecule has 1 amide bonds. The number of carbonyl (C=O) groups is 2. The van der Waals surface area contributed by atoms with E-state index in [0.29, 0.717) is 5.56 Å². The van der Waals surface area contributed by atoms with Crippen LogP contribution in [0.5, 0.6) is 0 Å². The molecular formula is C32H38N6O6S. The first-order valence-electron chi connectivity index (χ1n) is 14.2. The molecule has 0 saturated carbocycles. The van der Waals surface area contributed by atoms with E-state index in [0.717, 1.165) is 10.6 Å². The first-order valence-corrected chi connectivity index (χ1v) is 15.7. The third-order valence-corrected chi connectivity index (χ3v) is 8.99. The molecule has 1 aromatic carbocycles. The number of amides is 1. The van der Waals surface area contributed by atoms with E-state index < -0.39 is 43.8 Å². The Kier molecular flexibility index (Phi) is 9.17. The molecule has 3 N–H and O–H groups in total. The molecule has 0 aliphatic carbocycles. The van der Waals surface area contributed by atoms with E-state index >= 15 is 0 Å². The van der Waals surface area contributed by atoms with E-state index in [9.17, 15) is 23.1 Å². The van der Waals surface area contributed by atoms with Crippen molar-refractivity contribution in [3.05, 3.63) is 96.6 Å². The third kappa shape index (κ3) is 7.21. The van der Waals surface area contributed by atoms with Crippen molar-refractivity contribution >= 4 is 27.7 Å². The summed E-state index contributed by atoms with van der Waals surface area (Å²) in [4.78, 5) is 33.6. The Hall–Kier alpha value is -4.62. The SMILES string of the molecule is CC(C)(C)OC(=O)N(c1cccc(C(N)(Cc2ccc(-n3cccn3)cc2)S(=O)(=O)c2ccccn2)n1)C(C(=O)O)C(C)(C)C. The number of carboxylic acids is 1. The molecule has 0 fully saturated rings. The fourth-order valence-electron chi connectivity index (χ4n) is 4.81. The van der Waals surface area contributed by atoms with Gasteiger partial charge in [-0.1, -0.05) is 45.0 Å². The molecule has 0 radical (unpaired) electrons. The lowest BCUT2D eigenvalue weighted by Gasteiger charge is -2.37. The van der Waals surface area contributed by atoms with Gasteiger partial charge in [0.1, 0.15) is 17.5 Å². The normalized spacial score (nSPS) is 14.3. The molecule has 45 heavy (non-hydrogen) atoms. The Morgan fingerprint density at radius 2 is 1.64 bits per heavy atom. The first kappa shape index (κ1) is 33.3.